The lowest BCUT2D eigenvalue weighted by Crippen LogP contribution is -2.49. The zero-order chi connectivity index (χ0) is 21.3. The van der Waals surface area contributed by atoms with Gasteiger partial charge in [0.2, 0.25) is 5.91 Å². The van der Waals surface area contributed by atoms with Gasteiger partial charge in [0.15, 0.2) is 5.58 Å². The smallest absolute Gasteiger partial charge is 0.408 e. The Morgan fingerprint density at radius 1 is 1.03 bits per heavy atom. The van der Waals surface area contributed by atoms with Crippen molar-refractivity contribution < 1.29 is 13.9 Å². The molecule has 0 aliphatic carbocycles. The van der Waals surface area contributed by atoms with Crippen molar-refractivity contribution in [2.45, 2.75) is 57.1 Å². The van der Waals surface area contributed by atoms with Crippen molar-refractivity contribution in [3.8, 4) is 0 Å². The fraction of sp³-hybridized carbons (Fsp3) is 0.667. The second-order valence-corrected chi connectivity index (χ2v) is 9.54. The van der Waals surface area contributed by atoms with Crippen LogP contribution in [0.5, 0.6) is 0 Å². The molecule has 5 rings (SSSR count). The number of nitrogens with zero attached hydrogens (tertiary/aromatic N) is 3. The predicted octanol–water partition coefficient (Wildman–Crippen LogP) is 2.87. The van der Waals surface area contributed by atoms with Crippen LogP contribution in [0.15, 0.2) is 33.5 Å². The highest BCUT2D eigenvalue weighted by Crippen LogP contribution is 2.35. The quantitative estimate of drug-likeness (QED) is 0.751. The normalized spacial score (nSPS) is 22.9. The summed E-state index contributed by atoms with van der Waals surface area (Å²) in [5, 5.41) is 0. The molecule has 1 aromatic carbocycles. The highest BCUT2D eigenvalue weighted by atomic mass is 16.5. The first-order valence-corrected chi connectivity index (χ1v) is 11.8. The number of rotatable bonds is 4. The van der Waals surface area contributed by atoms with Crippen molar-refractivity contribution in [1.29, 1.82) is 0 Å². The van der Waals surface area contributed by atoms with Gasteiger partial charge in [-0.3, -0.25) is 9.36 Å². The van der Waals surface area contributed by atoms with Crippen molar-refractivity contribution in [3.63, 3.8) is 0 Å². The van der Waals surface area contributed by atoms with E-state index in [2.05, 4.69) is 4.90 Å². The van der Waals surface area contributed by atoms with E-state index in [1.54, 1.807) is 6.07 Å². The number of hydrogen-bond acceptors (Lipinski definition) is 5. The number of carbonyl (C=O) groups is 1. The Morgan fingerprint density at radius 3 is 2.55 bits per heavy atom. The van der Waals surface area contributed by atoms with Crippen molar-refractivity contribution in [2.75, 3.05) is 39.3 Å². The van der Waals surface area contributed by atoms with Gasteiger partial charge in [-0.2, -0.15) is 0 Å². The second-order valence-electron chi connectivity index (χ2n) is 9.54. The van der Waals surface area contributed by atoms with Crippen LogP contribution in [0.1, 0.15) is 44.9 Å². The zero-order valence-electron chi connectivity index (χ0n) is 18.3. The Hall–Kier alpha value is -2.12. The van der Waals surface area contributed by atoms with E-state index in [9.17, 15) is 9.59 Å². The number of likely N-dealkylation sites (tertiary alicyclic amines) is 2. The van der Waals surface area contributed by atoms with Crippen LogP contribution in [0.3, 0.4) is 0 Å². The van der Waals surface area contributed by atoms with Crippen LogP contribution in [0.2, 0.25) is 0 Å². The minimum absolute atomic E-state index is 0.00136. The van der Waals surface area contributed by atoms with Crippen LogP contribution in [-0.4, -0.2) is 65.2 Å². The lowest BCUT2D eigenvalue weighted by atomic mass is 9.84. The van der Waals surface area contributed by atoms with E-state index in [1.165, 1.54) is 23.8 Å². The van der Waals surface area contributed by atoms with Crippen molar-refractivity contribution in [3.05, 3.63) is 34.8 Å². The van der Waals surface area contributed by atoms with Gasteiger partial charge in [-0.05, 0) is 63.0 Å². The van der Waals surface area contributed by atoms with Crippen LogP contribution in [-0.2, 0) is 16.1 Å². The fourth-order valence-electron chi connectivity index (χ4n) is 5.58. The van der Waals surface area contributed by atoms with E-state index < -0.39 is 5.76 Å². The molecule has 7 nitrogen and oxygen atoms in total. The van der Waals surface area contributed by atoms with Gasteiger partial charge in [-0.15, -0.1) is 0 Å². The summed E-state index contributed by atoms with van der Waals surface area (Å²) in [6.45, 7) is 5.93. The maximum absolute atomic E-state index is 12.8. The average Bonchev–Trinajstić information content (AvgIpc) is 3.11. The number of ether oxygens (including phenoxy) is 1. The van der Waals surface area contributed by atoms with Crippen molar-refractivity contribution >= 4 is 17.0 Å². The van der Waals surface area contributed by atoms with Gasteiger partial charge in [-0.25, -0.2) is 4.79 Å². The molecule has 0 N–H and O–H groups in total. The maximum Gasteiger partial charge on any atom is 0.420 e. The number of oxazole rings is 1. The van der Waals surface area contributed by atoms with Gasteiger partial charge < -0.3 is 19.0 Å². The Labute approximate surface area is 182 Å². The Kier molecular flexibility index (Phi) is 5.89. The van der Waals surface area contributed by atoms with Crippen LogP contribution in [0, 0.1) is 5.92 Å². The van der Waals surface area contributed by atoms with Gasteiger partial charge >= 0.3 is 5.76 Å². The Bertz CT molecular complexity index is 957. The summed E-state index contributed by atoms with van der Waals surface area (Å²) in [4.78, 5) is 29.5. The molecule has 4 heterocycles. The van der Waals surface area contributed by atoms with E-state index in [-0.39, 0.29) is 18.1 Å². The van der Waals surface area contributed by atoms with Crippen LogP contribution >= 0.6 is 0 Å². The molecular weight excluding hydrogens is 394 g/mol. The molecule has 0 saturated carbocycles. The van der Waals surface area contributed by atoms with Crippen LogP contribution < -0.4 is 5.76 Å². The number of para-hydroxylation sites is 2. The third-order valence-electron chi connectivity index (χ3n) is 7.55. The number of fused-ring (bicyclic) bond motifs is 1. The molecule has 168 valence electrons. The average molecular weight is 428 g/mol. The Balaban J connectivity index is 1.10. The molecule has 1 spiro atoms. The largest absolute Gasteiger partial charge is 0.420 e. The molecule has 0 atom stereocenters. The summed E-state index contributed by atoms with van der Waals surface area (Å²) in [5.74, 6) is 0.179. The predicted molar refractivity (Wildman–Crippen MR) is 118 cm³/mol. The molecule has 0 radical (unpaired) electrons. The minimum Gasteiger partial charge on any atom is -0.408 e. The first-order valence-electron chi connectivity index (χ1n) is 11.8. The van der Waals surface area contributed by atoms with Crippen molar-refractivity contribution in [1.82, 2.24) is 14.4 Å². The standard InChI is InChI=1S/C24H33N3O4/c28-22(18-27-20-5-1-2-6-21(20)31-23(27)29)26-12-7-19(8-13-26)17-25-14-10-24(11-15-25)9-3-4-16-30-24/h1-2,5-6,19H,3-4,7-18H2. The first-order chi connectivity index (χ1) is 15.1. The highest BCUT2D eigenvalue weighted by molar-refractivity contribution is 5.79. The van der Waals surface area contributed by atoms with Crippen LogP contribution in [0.25, 0.3) is 11.1 Å². The molecule has 0 bridgehead atoms. The first kappa shape index (κ1) is 20.8. The molecule has 2 aromatic rings. The Morgan fingerprint density at radius 2 is 1.81 bits per heavy atom. The lowest BCUT2D eigenvalue weighted by Gasteiger charge is -2.45. The number of carbonyl (C=O) groups excluding carboxylic acids is 1. The molecular formula is C24H33N3O4. The second kappa shape index (κ2) is 8.79. The third kappa shape index (κ3) is 4.44. The fourth-order valence-corrected chi connectivity index (χ4v) is 5.58. The third-order valence-corrected chi connectivity index (χ3v) is 7.55. The minimum atomic E-state index is -0.464. The molecule has 1 aromatic heterocycles. The van der Waals surface area contributed by atoms with E-state index >= 15 is 0 Å². The molecule has 3 aliphatic rings. The van der Waals surface area contributed by atoms with E-state index in [4.69, 9.17) is 9.15 Å². The summed E-state index contributed by atoms with van der Waals surface area (Å²) in [7, 11) is 0. The van der Waals surface area contributed by atoms with E-state index in [1.807, 2.05) is 23.1 Å². The molecule has 3 saturated heterocycles. The van der Waals surface area contributed by atoms with Gasteiger partial charge in [0.1, 0.15) is 6.54 Å². The number of hydrogen-bond donors (Lipinski definition) is 0. The van der Waals surface area contributed by atoms with Gasteiger partial charge in [0.05, 0.1) is 11.1 Å². The summed E-state index contributed by atoms with van der Waals surface area (Å²) >= 11 is 0. The molecule has 7 heteroatoms. The van der Waals surface area contributed by atoms with Gasteiger partial charge in [0.25, 0.3) is 0 Å². The van der Waals surface area contributed by atoms with Gasteiger partial charge in [0, 0.05) is 39.3 Å². The zero-order valence-corrected chi connectivity index (χ0v) is 18.3. The molecule has 3 fully saturated rings. The number of benzene rings is 1. The number of piperidine rings is 2. The monoisotopic (exact) mass is 427 g/mol. The van der Waals surface area contributed by atoms with E-state index in [0.29, 0.717) is 17.0 Å². The molecule has 1 amide bonds. The summed E-state index contributed by atoms with van der Waals surface area (Å²) in [5.41, 5.74) is 1.38. The highest BCUT2D eigenvalue weighted by Gasteiger charge is 2.37. The summed E-state index contributed by atoms with van der Waals surface area (Å²) in [6.07, 6.45) is 8.16. The maximum atomic E-state index is 12.8. The SMILES string of the molecule is O=C(Cn1c(=O)oc2ccccc21)N1CCC(CN2CCC3(CCCCO3)CC2)CC1. The van der Waals surface area contributed by atoms with Crippen molar-refractivity contribution in [2.24, 2.45) is 5.92 Å². The van der Waals surface area contributed by atoms with Crippen LogP contribution in [0.4, 0.5) is 0 Å². The molecule has 3 aliphatic heterocycles. The van der Waals surface area contributed by atoms with Gasteiger partial charge in [-0.1, -0.05) is 12.1 Å². The lowest BCUT2D eigenvalue weighted by molar-refractivity contribution is -0.133. The molecule has 31 heavy (non-hydrogen) atoms. The summed E-state index contributed by atoms with van der Waals surface area (Å²) in [6, 6.07) is 7.26. The molecule has 0 unspecified atom stereocenters. The summed E-state index contributed by atoms with van der Waals surface area (Å²) < 4.78 is 12.9. The van der Waals surface area contributed by atoms with E-state index in [0.717, 1.165) is 65.0 Å². The number of aromatic nitrogens is 1. The number of amides is 1. The topological polar surface area (TPSA) is 67.9 Å².